The van der Waals surface area contributed by atoms with Gasteiger partial charge in [0, 0.05) is 24.7 Å². The van der Waals surface area contributed by atoms with E-state index in [4.69, 9.17) is 20.1 Å². The highest BCUT2D eigenvalue weighted by atomic mass is 16.7. The predicted octanol–water partition coefficient (Wildman–Crippen LogP) is 3.92. The summed E-state index contributed by atoms with van der Waals surface area (Å²) >= 11 is 0. The largest absolute Gasteiger partial charge is 0.493 e. The second-order valence-electron chi connectivity index (χ2n) is 8.09. The number of carbonyl (C=O) groups is 1. The summed E-state index contributed by atoms with van der Waals surface area (Å²) in [5.74, 6) is 1.05. The minimum absolute atomic E-state index is 0.0194. The predicted molar refractivity (Wildman–Crippen MR) is 111 cm³/mol. The van der Waals surface area contributed by atoms with Gasteiger partial charge in [-0.25, -0.2) is 5.06 Å². The fourth-order valence-corrected chi connectivity index (χ4v) is 4.32. The van der Waals surface area contributed by atoms with Gasteiger partial charge in [-0.05, 0) is 61.4 Å². The van der Waals surface area contributed by atoms with E-state index in [1.165, 1.54) is 11.3 Å². The van der Waals surface area contributed by atoms with Crippen molar-refractivity contribution in [1.82, 2.24) is 10.0 Å². The summed E-state index contributed by atoms with van der Waals surface area (Å²) in [7, 11) is 0. The van der Waals surface area contributed by atoms with Crippen LogP contribution in [-0.4, -0.2) is 29.2 Å². The summed E-state index contributed by atoms with van der Waals surface area (Å²) < 4.78 is 5.88. The summed E-state index contributed by atoms with van der Waals surface area (Å²) in [4.78, 5) is 23.0. The highest BCUT2D eigenvalue weighted by Gasteiger charge is 2.37. The number of aromatic nitrogens is 1. The zero-order valence-electron chi connectivity index (χ0n) is 17.2. The number of nitrogens with zero attached hydrogens (tertiary/aromatic N) is 4. The van der Waals surface area contributed by atoms with Crippen LogP contribution in [-0.2, 0) is 9.63 Å². The highest BCUT2D eigenvalue weighted by Crippen LogP contribution is 2.36. The quantitative estimate of drug-likeness (QED) is 0.733. The number of amides is 1. The molecule has 4 rings (SSSR count). The van der Waals surface area contributed by atoms with Gasteiger partial charge in [-0.3, -0.25) is 14.6 Å². The Hall–Kier alpha value is -3.42. The zero-order valence-corrected chi connectivity index (χ0v) is 17.2. The third-order valence-corrected chi connectivity index (χ3v) is 6.04. The van der Waals surface area contributed by atoms with Crippen LogP contribution < -0.4 is 4.74 Å². The number of benzene rings is 1. The van der Waals surface area contributed by atoms with Crippen LogP contribution >= 0.6 is 0 Å². The molecular formula is C24H24N4O3. The summed E-state index contributed by atoms with van der Waals surface area (Å²) in [5.41, 5.74) is 1.91. The molecule has 0 N–H and O–H groups in total. The molecule has 31 heavy (non-hydrogen) atoms. The number of hydrogen-bond acceptors (Lipinski definition) is 6. The van der Waals surface area contributed by atoms with Gasteiger partial charge in [-0.15, -0.1) is 0 Å². The number of nitriles is 2. The van der Waals surface area contributed by atoms with Crippen molar-refractivity contribution in [1.29, 1.82) is 10.5 Å². The van der Waals surface area contributed by atoms with Crippen molar-refractivity contribution in [3.05, 3.63) is 59.4 Å². The van der Waals surface area contributed by atoms with Crippen molar-refractivity contribution >= 4 is 5.91 Å². The van der Waals surface area contributed by atoms with Crippen molar-refractivity contribution in [2.45, 2.75) is 38.1 Å². The van der Waals surface area contributed by atoms with Crippen molar-refractivity contribution < 1.29 is 14.4 Å². The van der Waals surface area contributed by atoms with Crippen LogP contribution in [0.1, 0.15) is 54.8 Å². The lowest BCUT2D eigenvalue weighted by atomic mass is 9.81. The molecule has 7 heteroatoms. The third-order valence-electron chi connectivity index (χ3n) is 6.04. The number of pyridine rings is 1. The van der Waals surface area contributed by atoms with Gasteiger partial charge in [0.05, 0.1) is 36.5 Å². The maximum absolute atomic E-state index is 13.1. The summed E-state index contributed by atoms with van der Waals surface area (Å²) in [6.07, 6.45) is 7.35. The fourth-order valence-electron chi connectivity index (χ4n) is 4.32. The Kier molecular flexibility index (Phi) is 6.45. The van der Waals surface area contributed by atoms with Gasteiger partial charge < -0.3 is 4.74 Å². The van der Waals surface area contributed by atoms with E-state index in [1.54, 1.807) is 24.4 Å². The molecule has 1 amide bonds. The highest BCUT2D eigenvalue weighted by molar-refractivity contribution is 5.78. The van der Waals surface area contributed by atoms with E-state index in [0.717, 1.165) is 31.2 Å². The maximum atomic E-state index is 13.1. The maximum Gasteiger partial charge on any atom is 0.249 e. The lowest BCUT2D eigenvalue weighted by molar-refractivity contribution is -0.183. The lowest BCUT2D eigenvalue weighted by Crippen LogP contribution is -2.37. The first-order valence-electron chi connectivity index (χ1n) is 10.6. The van der Waals surface area contributed by atoms with Crippen LogP contribution in [0.15, 0.2) is 42.7 Å². The number of carbonyl (C=O) groups excluding carboxylic acids is 1. The molecule has 158 valence electrons. The molecule has 0 spiro atoms. The fraction of sp³-hybridized carbons (Fsp3) is 0.417. The Labute approximate surface area is 181 Å². The van der Waals surface area contributed by atoms with Crippen LogP contribution in [0.5, 0.6) is 5.75 Å². The van der Waals surface area contributed by atoms with Gasteiger partial charge in [0.1, 0.15) is 11.8 Å². The van der Waals surface area contributed by atoms with E-state index in [-0.39, 0.29) is 17.9 Å². The van der Waals surface area contributed by atoms with E-state index in [0.29, 0.717) is 42.4 Å². The van der Waals surface area contributed by atoms with Gasteiger partial charge in [-0.1, -0.05) is 6.07 Å². The second kappa shape index (κ2) is 9.59. The number of hydroxylamine groups is 2. The Morgan fingerprint density at radius 1 is 1.10 bits per heavy atom. The van der Waals surface area contributed by atoms with E-state index in [1.807, 2.05) is 12.1 Å². The van der Waals surface area contributed by atoms with Crippen molar-refractivity contribution in [3.8, 4) is 17.9 Å². The van der Waals surface area contributed by atoms with Crippen LogP contribution in [0.4, 0.5) is 0 Å². The monoisotopic (exact) mass is 416 g/mol. The van der Waals surface area contributed by atoms with Crippen molar-refractivity contribution in [2.75, 3.05) is 13.2 Å². The lowest BCUT2D eigenvalue weighted by Gasteiger charge is -2.31. The van der Waals surface area contributed by atoms with Crippen LogP contribution in [0.3, 0.4) is 0 Å². The van der Waals surface area contributed by atoms with Gasteiger partial charge in [-0.2, -0.15) is 10.5 Å². The molecule has 1 atom stereocenters. The van der Waals surface area contributed by atoms with Crippen LogP contribution in [0, 0.1) is 34.5 Å². The standard InChI is InChI=1S/C24H24N4O3/c25-12-18-2-1-3-22(11-18)30-16-17-4-6-20(7-5-17)24(29)28-23(8-9-31-28)21-10-19(13-26)14-27-15-21/h1-3,10-11,14-15,17,20,23H,4-9,16H2/t17-,20-,23-/m0/s1. The first-order chi connectivity index (χ1) is 15.2. The average Bonchev–Trinajstić information content (AvgIpc) is 3.33. The molecule has 2 aliphatic rings. The number of rotatable bonds is 5. The molecule has 1 aliphatic carbocycles. The van der Waals surface area contributed by atoms with Gasteiger partial charge in [0.2, 0.25) is 5.91 Å². The van der Waals surface area contributed by atoms with Crippen LogP contribution in [0.25, 0.3) is 0 Å². The molecule has 7 nitrogen and oxygen atoms in total. The second-order valence-corrected chi connectivity index (χ2v) is 8.09. The Balaban J connectivity index is 1.31. The van der Waals surface area contributed by atoms with Crippen molar-refractivity contribution in [2.24, 2.45) is 11.8 Å². The number of hydrogen-bond donors (Lipinski definition) is 0. The van der Waals surface area contributed by atoms with E-state index in [9.17, 15) is 4.79 Å². The van der Waals surface area contributed by atoms with Crippen LogP contribution in [0.2, 0.25) is 0 Å². The summed E-state index contributed by atoms with van der Waals surface area (Å²) in [5, 5.41) is 19.6. The molecule has 1 saturated heterocycles. The zero-order chi connectivity index (χ0) is 21.6. The number of ether oxygens (including phenoxy) is 1. The minimum Gasteiger partial charge on any atom is -0.493 e. The molecule has 0 radical (unpaired) electrons. The first kappa shape index (κ1) is 20.8. The van der Waals surface area contributed by atoms with Gasteiger partial charge in [0.15, 0.2) is 0 Å². The minimum atomic E-state index is -0.193. The topological polar surface area (TPSA) is 99.2 Å². The van der Waals surface area contributed by atoms with E-state index in [2.05, 4.69) is 17.1 Å². The van der Waals surface area contributed by atoms with E-state index < -0.39 is 0 Å². The molecule has 2 fully saturated rings. The average molecular weight is 416 g/mol. The van der Waals surface area contributed by atoms with Gasteiger partial charge >= 0.3 is 0 Å². The summed E-state index contributed by atoms with van der Waals surface area (Å²) in [6, 6.07) is 13.0. The molecule has 1 aliphatic heterocycles. The molecular weight excluding hydrogens is 392 g/mol. The van der Waals surface area contributed by atoms with Crippen molar-refractivity contribution in [3.63, 3.8) is 0 Å². The Morgan fingerprint density at radius 3 is 2.68 bits per heavy atom. The smallest absolute Gasteiger partial charge is 0.249 e. The normalized spacial score (nSPS) is 23.0. The molecule has 1 aromatic carbocycles. The SMILES string of the molecule is N#Cc1cccc(OC[C@H]2CC[C@H](C(=O)N3OCC[C@H]3c3cncc(C#N)c3)CC2)c1. The molecule has 1 aromatic heterocycles. The molecule has 0 unspecified atom stereocenters. The first-order valence-corrected chi connectivity index (χ1v) is 10.6. The van der Waals surface area contributed by atoms with Gasteiger partial charge in [0.25, 0.3) is 0 Å². The molecule has 0 bridgehead atoms. The molecule has 2 aromatic rings. The van der Waals surface area contributed by atoms with E-state index >= 15 is 0 Å². The molecule has 2 heterocycles. The molecule has 1 saturated carbocycles. The Bertz CT molecular complexity index is 1020. The third kappa shape index (κ3) is 4.84. The Morgan fingerprint density at radius 2 is 1.90 bits per heavy atom. The summed E-state index contributed by atoms with van der Waals surface area (Å²) in [6.45, 7) is 1.07.